The summed E-state index contributed by atoms with van der Waals surface area (Å²) >= 11 is 6.31. The van der Waals surface area contributed by atoms with Crippen LogP contribution in [-0.2, 0) is 9.59 Å². The summed E-state index contributed by atoms with van der Waals surface area (Å²) in [6, 6.07) is 3.38. The highest BCUT2D eigenvalue weighted by atomic mass is 35.5. The first-order valence-electron chi connectivity index (χ1n) is 9.05. The molecule has 0 spiro atoms. The summed E-state index contributed by atoms with van der Waals surface area (Å²) in [6.07, 6.45) is 6.41. The highest BCUT2D eigenvalue weighted by Crippen LogP contribution is 2.52. The van der Waals surface area contributed by atoms with Gasteiger partial charge in [0.05, 0.1) is 36.3 Å². The lowest BCUT2D eigenvalue weighted by atomic mass is 9.85. The van der Waals surface area contributed by atoms with Crippen LogP contribution in [0.2, 0.25) is 5.02 Å². The van der Waals surface area contributed by atoms with Gasteiger partial charge in [0.1, 0.15) is 0 Å². The maximum absolute atomic E-state index is 12.7. The molecule has 7 heteroatoms. The number of ether oxygens (including phenoxy) is 2. The summed E-state index contributed by atoms with van der Waals surface area (Å²) < 4.78 is 11.0. The number of hydrogen-bond donors (Lipinski definition) is 0. The van der Waals surface area contributed by atoms with Gasteiger partial charge in [-0.05, 0) is 49.8 Å². The average Bonchev–Trinajstić information content (AvgIpc) is 3.29. The van der Waals surface area contributed by atoms with Gasteiger partial charge in [-0.1, -0.05) is 23.8 Å². The van der Waals surface area contributed by atoms with E-state index in [4.69, 9.17) is 21.1 Å². The Morgan fingerprint density at radius 3 is 2.37 bits per heavy atom. The van der Waals surface area contributed by atoms with E-state index in [1.165, 1.54) is 13.3 Å². The van der Waals surface area contributed by atoms with Gasteiger partial charge in [-0.3, -0.25) is 9.59 Å². The van der Waals surface area contributed by atoms with E-state index in [9.17, 15) is 9.59 Å². The third-order valence-electron chi connectivity index (χ3n) is 5.37. The van der Waals surface area contributed by atoms with Crippen LogP contribution >= 0.6 is 11.6 Å². The smallest absolute Gasteiger partial charge is 0.254 e. The number of methoxy groups -OCH3 is 1. The Balaban J connectivity index is 1.58. The summed E-state index contributed by atoms with van der Waals surface area (Å²) in [6.45, 7) is 3.79. The van der Waals surface area contributed by atoms with Crippen LogP contribution < -0.4 is 9.47 Å². The molecular formula is C20H21ClN2O4. The molecule has 1 aromatic rings. The molecule has 0 aromatic heterocycles. The van der Waals surface area contributed by atoms with Crippen LogP contribution in [0, 0.1) is 23.7 Å². The van der Waals surface area contributed by atoms with E-state index in [0.29, 0.717) is 22.1 Å². The average molecular weight is 389 g/mol. The minimum Gasteiger partial charge on any atom is -0.493 e. The van der Waals surface area contributed by atoms with Gasteiger partial charge < -0.3 is 9.47 Å². The van der Waals surface area contributed by atoms with Crippen molar-refractivity contribution in [1.82, 2.24) is 5.01 Å². The molecule has 0 N–H and O–H groups in total. The number of carbonyl (C=O) groups is 2. The Morgan fingerprint density at radius 2 is 1.81 bits per heavy atom. The topological polar surface area (TPSA) is 68.2 Å². The Kier molecular flexibility index (Phi) is 4.46. The number of fused-ring (bicyclic) bond motifs is 5. The van der Waals surface area contributed by atoms with Gasteiger partial charge in [0.15, 0.2) is 11.5 Å². The minimum atomic E-state index is -0.260. The standard InChI is InChI=1S/C20H21ClN2O4/c1-10(2)27-18-14(21)6-11(7-15(18)26-3)9-22-23-19(24)16-12-4-5-13(8-12)17(16)20(23)25/h4-7,9-10,12-13,16-17H,8H2,1-3H3/t12-,13-,16-,17+/m0/s1. The van der Waals surface area contributed by atoms with Crippen molar-refractivity contribution in [3.63, 3.8) is 0 Å². The predicted molar refractivity (Wildman–Crippen MR) is 101 cm³/mol. The fraction of sp³-hybridized carbons (Fsp3) is 0.450. The lowest BCUT2D eigenvalue weighted by molar-refractivity contribution is -0.140. The van der Waals surface area contributed by atoms with Crippen LogP contribution in [-0.4, -0.2) is 36.3 Å². The molecule has 1 saturated heterocycles. The molecule has 3 aliphatic rings. The molecule has 1 heterocycles. The van der Waals surface area contributed by atoms with E-state index >= 15 is 0 Å². The molecule has 142 valence electrons. The summed E-state index contributed by atoms with van der Waals surface area (Å²) in [7, 11) is 1.53. The van der Waals surface area contributed by atoms with Gasteiger partial charge in [0.25, 0.3) is 11.8 Å². The second-order valence-corrected chi connectivity index (χ2v) is 7.84. The van der Waals surface area contributed by atoms with Crippen LogP contribution in [0.15, 0.2) is 29.4 Å². The Labute approximate surface area is 162 Å². The number of amides is 2. The van der Waals surface area contributed by atoms with E-state index < -0.39 is 0 Å². The largest absolute Gasteiger partial charge is 0.493 e. The number of halogens is 1. The maximum atomic E-state index is 12.7. The first kappa shape index (κ1) is 18.0. The normalized spacial score (nSPS) is 28.7. The molecular weight excluding hydrogens is 368 g/mol. The molecule has 2 amide bonds. The number of benzene rings is 1. The zero-order valence-corrected chi connectivity index (χ0v) is 16.1. The van der Waals surface area contributed by atoms with Gasteiger partial charge in [-0.25, -0.2) is 0 Å². The van der Waals surface area contributed by atoms with Gasteiger partial charge in [0, 0.05) is 0 Å². The molecule has 2 bridgehead atoms. The molecule has 1 aliphatic heterocycles. The molecule has 27 heavy (non-hydrogen) atoms. The second-order valence-electron chi connectivity index (χ2n) is 7.43. The van der Waals surface area contributed by atoms with E-state index in [0.717, 1.165) is 11.4 Å². The zero-order valence-electron chi connectivity index (χ0n) is 15.4. The molecule has 4 atom stereocenters. The van der Waals surface area contributed by atoms with Crippen LogP contribution in [0.4, 0.5) is 0 Å². The lowest BCUT2D eigenvalue weighted by Gasteiger charge is -2.16. The van der Waals surface area contributed by atoms with Crippen LogP contribution in [0.3, 0.4) is 0 Å². The molecule has 1 saturated carbocycles. The van der Waals surface area contributed by atoms with Crippen molar-refractivity contribution in [3.8, 4) is 11.5 Å². The summed E-state index contributed by atoms with van der Waals surface area (Å²) in [5.74, 6) is 0.311. The fourth-order valence-electron chi connectivity index (χ4n) is 4.29. The molecule has 0 unspecified atom stereocenters. The number of carbonyl (C=O) groups excluding carboxylic acids is 2. The summed E-state index contributed by atoms with van der Waals surface area (Å²) in [4.78, 5) is 25.3. The molecule has 6 nitrogen and oxygen atoms in total. The first-order valence-corrected chi connectivity index (χ1v) is 9.42. The number of nitrogens with zero attached hydrogens (tertiary/aromatic N) is 2. The van der Waals surface area contributed by atoms with Crippen molar-refractivity contribution in [2.75, 3.05) is 7.11 Å². The van der Waals surface area contributed by atoms with Crippen molar-refractivity contribution in [3.05, 3.63) is 34.9 Å². The Hall–Kier alpha value is -2.34. The maximum Gasteiger partial charge on any atom is 0.254 e. The number of hydrazone groups is 1. The van der Waals surface area contributed by atoms with Gasteiger partial charge >= 0.3 is 0 Å². The SMILES string of the molecule is COc1cc(C=NN2C(=O)[C@@H]3[C@H](C2=O)[C@H]2C=C[C@H]3C2)cc(Cl)c1OC(C)C. The Bertz CT molecular complexity index is 834. The van der Waals surface area contributed by atoms with Crippen molar-refractivity contribution < 1.29 is 19.1 Å². The molecule has 0 radical (unpaired) electrons. The van der Waals surface area contributed by atoms with E-state index in [1.807, 2.05) is 13.8 Å². The van der Waals surface area contributed by atoms with Gasteiger partial charge in [0.2, 0.25) is 0 Å². The van der Waals surface area contributed by atoms with Crippen LogP contribution in [0.25, 0.3) is 0 Å². The van der Waals surface area contributed by atoms with Gasteiger partial charge in [-0.2, -0.15) is 10.1 Å². The Morgan fingerprint density at radius 1 is 1.19 bits per heavy atom. The number of hydrogen-bond acceptors (Lipinski definition) is 5. The highest BCUT2D eigenvalue weighted by Gasteiger charge is 2.59. The fourth-order valence-corrected chi connectivity index (χ4v) is 4.55. The first-order chi connectivity index (χ1) is 12.9. The number of imide groups is 1. The second kappa shape index (κ2) is 6.68. The van der Waals surface area contributed by atoms with Gasteiger partial charge in [-0.15, -0.1) is 0 Å². The zero-order chi connectivity index (χ0) is 19.3. The van der Waals surface area contributed by atoms with Crippen molar-refractivity contribution >= 4 is 29.6 Å². The van der Waals surface area contributed by atoms with E-state index in [-0.39, 0.29) is 41.6 Å². The monoisotopic (exact) mass is 388 g/mol. The van der Waals surface area contributed by atoms with Crippen LogP contribution in [0.5, 0.6) is 11.5 Å². The molecule has 4 rings (SSSR count). The van der Waals surface area contributed by atoms with E-state index in [2.05, 4.69) is 17.3 Å². The summed E-state index contributed by atoms with van der Waals surface area (Å²) in [5.41, 5.74) is 0.617. The van der Waals surface area contributed by atoms with Crippen LogP contribution in [0.1, 0.15) is 25.8 Å². The molecule has 2 aliphatic carbocycles. The third kappa shape index (κ3) is 2.92. The number of allylic oxidation sites excluding steroid dienone is 2. The summed E-state index contributed by atoms with van der Waals surface area (Å²) in [5, 5.41) is 5.56. The van der Waals surface area contributed by atoms with E-state index in [1.54, 1.807) is 12.1 Å². The predicted octanol–water partition coefficient (Wildman–Crippen LogP) is 3.28. The van der Waals surface area contributed by atoms with Crippen molar-refractivity contribution in [2.24, 2.45) is 28.8 Å². The quantitative estimate of drug-likeness (QED) is 0.441. The van der Waals surface area contributed by atoms with Crippen molar-refractivity contribution in [1.29, 1.82) is 0 Å². The highest BCUT2D eigenvalue weighted by molar-refractivity contribution is 6.32. The third-order valence-corrected chi connectivity index (χ3v) is 5.66. The molecule has 2 fully saturated rings. The number of rotatable bonds is 5. The molecule has 1 aromatic carbocycles. The van der Waals surface area contributed by atoms with Crippen molar-refractivity contribution in [2.45, 2.75) is 26.4 Å². The lowest BCUT2D eigenvalue weighted by Crippen LogP contribution is -2.28. The minimum absolute atomic E-state index is 0.0563.